The van der Waals surface area contributed by atoms with E-state index in [1.165, 1.54) is 0 Å². The summed E-state index contributed by atoms with van der Waals surface area (Å²) in [6.45, 7) is 1.13. The predicted octanol–water partition coefficient (Wildman–Crippen LogP) is 5.67. The Labute approximate surface area is 212 Å². The maximum absolute atomic E-state index is 13.5. The number of amides is 2. The van der Waals surface area contributed by atoms with E-state index in [1.54, 1.807) is 4.90 Å². The van der Waals surface area contributed by atoms with E-state index in [0.717, 1.165) is 22.3 Å². The highest BCUT2D eigenvalue weighted by Gasteiger charge is 2.34. The van der Waals surface area contributed by atoms with E-state index in [9.17, 15) is 9.59 Å². The van der Waals surface area contributed by atoms with Gasteiger partial charge >= 0.3 is 0 Å². The Bertz CT molecular complexity index is 1200. The Balaban J connectivity index is 1.34. The summed E-state index contributed by atoms with van der Waals surface area (Å²) in [4.78, 5) is 30.6. The molecule has 0 bridgehead atoms. The van der Waals surface area contributed by atoms with Gasteiger partial charge in [-0.3, -0.25) is 9.59 Å². The number of benzene rings is 4. The van der Waals surface area contributed by atoms with E-state index < -0.39 is 0 Å². The SMILES string of the molecule is O=C(CC(c1ccccc1)c1ccccc1)N1CCN(C(c2ccccc2)c2ccccc2)C(=O)C1. The van der Waals surface area contributed by atoms with Crippen molar-refractivity contribution in [1.82, 2.24) is 9.80 Å². The summed E-state index contributed by atoms with van der Waals surface area (Å²) in [6.07, 6.45) is 0.335. The molecule has 0 radical (unpaired) electrons. The van der Waals surface area contributed by atoms with Crippen LogP contribution in [0.2, 0.25) is 0 Å². The van der Waals surface area contributed by atoms with Gasteiger partial charge in [0.1, 0.15) is 0 Å². The molecule has 5 rings (SSSR count). The summed E-state index contributed by atoms with van der Waals surface area (Å²) in [7, 11) is 0. The van der Waals surface area contributed by atoms with Crippen molar-refractivity contribution < 1.29 is 9.59 Å². The van der Waals surface area contributed by atoms with Crippen molar-refractivity contribution in [3.05, 3.63) is 144 Å². The Morgan fingerprint density at radius 1 is 0.611 bits per heavy atom. The van der Waals surface area contributed by atoms with Crippen LogP contribution in [0.25, 0.3) is 0 Å². The van der Waals surface area contributed by atoms with Gasteiger partial charge in [-0.1, -0.05) is 121 Å². The van der Waals surface area contributed by atoms with Crippen molar-refractivity contribution in [3.8, 4) is 0 Å². The molecule has 1 aliphatic rings. The third-order valence-electron chi connectivity index (χ3n) is 6.93. The van der Waals surface area contributed by atoms with E-state index in [4.69, 9.17) is 0 Å². The number of carbonyl (C=O) groups excluding carboxylic acids is 2. The van der Waals surface area contributed by atoms with E-state index >= 15 is 0 Å². The summed E-state index contributed by atoms with van der Waals surface area (Å²) in [5, 5.41) is 0. The number of rotatable bonds is 7. The third-order valence-corrected chi connectivity index (χ3v) is 6.93. The fourth-order valence-electron chi connectivity index (χ4n) is 5.10. The molecule has 1 fully saturated rings. The average molecular weight is 475 g/mol. The zero-order valence-electron chi connectivity index (χ0n) is 20.2. The van der Waals surface area contributed by atoms with Crippen LogP contribution in [0, 0.1) is 0 Å². The van der Waals surface area contributed by atoms with E-state index in [2.05, 4.69) is 48.5 Å². The van der Waals surface area contributed by atoms with Gasteiger partial charge in [0, 0.05) is 25.4 Å². The topological polar surface area (TPSA) is 40.6 Å². The molecular weight excluding hydrogens is 444 g/mol. The highest BCUT2D eigenvalue weighted by Crippen LogP contribution is 2.32. The molecule has 180 valence electrons. The van der Waals surface area contributed by atoms with Gasteiger partial charge in [-0.25, -0.2) is 0 Å². The molecule has 4 heteroatoms. The lowest BCUT2D eigenvalue weighted by Gasteiger charge is -2.40. The Morgan fingerprint density at radius 3 is 1.44 bits per heavy atom. The molecule has 0 unspecified atom stereocenters. The molecule has 1 aliphatic heterocycles. The third kappa shape index (κ3) is 5.23. The zero-order chi connectivity index (χ0) is 24.7. The lowest BCUT2D eigenvalue weighted by atomic mass is 9.88. The smallest absolute Gasteiger partial charge is 0.243 e. The average Bonchev–Trinajstić information content (AvgIpc) is 2.95. The van der Waals surface area contributed by atoms with Crippen LogP contribution in [0.1, 0.15) is 40.6 Å². The summed E-state index contributed by atoms with van der Waals surface area (Å²) < 4.78 is 0. The number of hydrogen-bond acceptors (Lipinski definition) is 2. The molecule has 0 spiro atoms. The lowest BCUT2D eigenvalue weighted by molar-refractivity contribution is -0.146. The minimum Gasteiger partial charge on any atom is -0.332 e. The van der Waals surface area contributed by atoms with Gasteiger partial charge in [0.05, 0.1) is 12.6 Å². The van der Waals surface area contributed by atoms with E-state index in [-0.39, 0.29) is 30.3 Å². The second-order valence-electron chi connectivity index (χ2n) is 9.20. The standard InChI is InChI=1S/C32H30N2O2/c35-30(23-29(25-13-5-1-6-14-25)26-15-7-2-8-16-26)33-21-22-34(31(36)24-33)32(27-17-9-3-10-18-27)28-19-11-4-12-20-28/h1-20,29,32H,21-24H2. The van der Waals surface area contributed by atoms with Crippen molar-refractivity contribution in [1.29, 1.82) is 0 Å². The van der Waals surface area contributed by atoms with Gasteiger partial charge in [0.2, 0.25) is 11.8 Å². The van der Waals surface area contributed by atoms with Crippen LogP contribution in [0.4, 0.5) is 0 Å². The molecular formula is C32H30N2O2. The second-order valence-corrected chi connectivity index (χ2v) is 9.20. The molecule has 0 aromatic heterocycles. The van der Waals surface area contributed by atoms with Crippen molar-refractivity contribution in [2.75, 3.05) is 19.6 Å². The minimum atomic E-state index is -0.168. The maximum Gasteiger partial charge on any atom is 0.243 e. The van der Waals surface area contributed by atoms with E-state index in [0.29, 0.717) is 19.5 Å². The zero-order valence-corrected chi connectivity index (χ0v) is 20.2. The summed E-state index contributed by atoms with van der Waals surface area (Å²) in [5.41, 5.74) is 4.36. The van der Waals surface area contributed by atoms with Gasteiger partial charge in [-0.15, -0.1) is 0 Å². The molecule has 36 heavy (non-hydrogen) atoms. The monoisotopic (exact) mass is 474 g/mol. The summed E-state index contributed by atoms with van der Waals surface area (Å²) in [6, 6.07) is 40.3. The summed E-state index contributed by atoms with van der Waals surface area (Å²) in [5.74, 6) is -0.0608. The fraction of sp³-hybridized carbons (Fsp3) is 0.188. The van der Waals surface area contributed by atoms with Gasteiger partial charge in [0.25, 0.3) is 0 Å². The van der Waals surface area contributed by atoms with Crippen LogP contribution in [0.15, 0.2) is 121 Å². The Morgan fingerprint density at radius 2 is 1.03 bits per heavy atom. The second kappa shape index (κ2) is 11.0. The van der Waals surface area contributed by atoms with Gasteiger partial charge < -0.3 is 9.80 Å². The van der Waals surface area contributed by atoms with Crippen molar-refractivity contribution >= 4 is 11.8 Å². The molecule has 0 atom stereocenters. The Hall–Kier alpha value is -4.18. The normalized spacial score (nSPS) is 13.9. The van der Waals surface area contributed by atoms with Crippen LogP contribution in [0.5, 0.6) is 0 Å². The molecule has 1 heterocycles. The van der Waals surface area contributed by atoms with Crippen molar-refractivity contribution in [2.24, 2.45) is 0 Å². The summed E-state index contributed by atoms with van der Waals surface area (Å²) >= 11 is 0. The molecule has 4 aromatic rings. The van der Waals surface area contributed by atoms with E-state index in [1.807, 2.05) is 77.7 Å². The van der Waals surface area contributed by atoms with Crippen LogP contribution >= 0.6 is 0 Å². The van der Waals surface area contributed by atoms with Gasteiger partial charge in [0.15, 0.2) is 0 Å². The molecule has 4 aromatic carbocycles. The number of carbonyl (C=O) groups is 2. The lowest BCUT2D eigenvalue weighted by Crippen LogP contribution is -2.53. The first-order valence-corrected chi connectivity index (χ1v) is 12.5. The molecule has 2 amide bonds. The van der Waals surface area contributed by atoms with Gasteiger partial charge in [-0.2, -0.15) is 0 Å². The molecule has 0 N–H and O–H groups in total. The van der Waals surface area contributed by atoms with Crippen LogP contribution in [-0.2, 0) is 9.59 Å². The van der Waals surface area contributed by atoms with Crippen LogP contribution in [-0.4, -0.2) is 41.2 Å². The highest BCUT2D eigenvalue weighted by molar-refractivity contribution is 5.87. The first kappa shape index (κ1) is 23.6. The van der Waals surface area contributed by atoms with Crippen LogP contribution in [0.3, 0.4) is 0 Å². The number of hydrogen-bond donors (Lipinski definition) is 0. The Kier molecular flexibility index (Phi) is 7.23. The first-order valence-electron chi connectivity index (χ1n) is 12.5. The first-order chi connectivity index (χ1) is 17.7. The predicted molar refractivity (Wildman–Crippen MR) is 142 cm³/mol. The number of nitrogens with zero attached hydrogens (tertiary/aromatic N) is 2. The molecule has 4 nitrogen and oxygen atoms in total. The van der Waals surface area contributed by atoms with Gasteiger partial charge in [-0.05, 0) is 22.3 Å². The fourth-order valence-corrected chi connectivity index (χ4v) is 5.10. The maximum atomic E-state index is 13.5. The van der Waals surface area contributed by atoms with Crippen LogP contribution < -0.4 is 0 Å². The molecule has 0 saturated carbocycles. The highest BCUT2D eigenvalue weighted by atomic mass is 16.2. The number of piperazine rings is 1. The van der Waals surface area contributed by atoms with Crippen molar-refractivity contribution in [3.63, 3.8) is 0 Å². The minimum absolute atomic E-state index is 0.0108. The largest absolute Gasteiger partial charge is 0.332 e. The quantitative estimate of drug-likeness (QED) is 0.346. The molecule has 0 aliphatic carbocycles. The molecule has 1 saturated heterocycles. The van der Waals surface area contributed by atoms with Crippen molar-refractivity contribution in [2.45, 2.75) is 18.4 Å².